The van der Waals surface area contributed by atoms with E-state index in [0.717, 1.165) is 24.2 Å². The summed E-state index contributed by atoms with van der Waals surface area (Å²) in [4.78, 5) is 4.19. The highest BCUT2D eigenvalue weighted by atomic mass is 15.0. The molecule has 0 spiro atoms. The molecule has 0 aromatic carbocycles. The standard InChI is InChI=1S/C12H20N4/c1-8-2-3-9(6-8)7-15-11-5-4-10(13)12(14)16-11/h4-5,8-9H,2-3,6-7,13H2,1H3,(H3,14,15,16). The van der Waals surface area contributed by atoms with Gasteiger partial charge in [0, 0.05) is 6.54 Å². The maximum absolute atomic E-state index is 5.65. The lowest BCUT2D eigenvalue weighted by atomic mass is 10.1. The highest BCUT2D eigenvalue weighted by Crippen LogP contribution is 2.30. The first-order chi connectivity index (χ1) is 7.65. The Hall–Kier alpha value is -1.45. The summed E-state index contributed by atoms with van der Waals surface area (Å²) in [5, 5.41) is 3.33. The molecule has 0 aliphatic heterocycles. The summed E-state index contributed by atoms with van der Waals surface area (Å²) in [7, 11) is 0. The normalized spacial score (nSPS) is 24.6. The average molecular weight is 220 g/mol. The maximum Gasteiger partial charge on any atom is 0.149 e. The highest BCUT2D eigenvalue weighted by Gasteiger charge is 2.20. The molecule has 2 atom stereocenters. The van der Waals surface area contributed by atoms with Gasteiger partial charge in [-0.05, 0) is 36.8 Å². The second-order valence-electron chi connectivity index (χ2n) is 4.84. The molecule has 0 bridgehead atoms. The number of hydrogen-bond donors (Lipinski definition) is 3. The Labute approximate surface area is 96.4 Å². The zero-order valence-corrected chi connectivity index (χ0v) is 9.74. The fraction of sp³-hybridized carbons (Fsp3) is 0.583. The van der Waals surface area contributed by atoms with Crippen molar-refractivity contribution >= 4 is 17.3 Å². The topological polar surface area (TPSA) is 77.0 Å². The van der Waals surface area contributed by atoms with Crippen molar-refractivity contribution in [1.82, 2.24) is 4.98 Å². The third-order valence-electron chi connectivity index (χ3n) is 3.33. The first kappa shape index (κ1) is 11.0. The van der Waals surface area contributed by atoms with Crippen molar-refractivity contribution < 1.29 is 0 Å². The van der Waals surface area contributed by atoms with Crippen LogP contribution in [0.4, 0.5) is 17.3 Å². The van der Waals surface area contributed by atoms with Crippen LogP contribution in [0.25, 0.3) is 0 Å². The second-order valence-corrected chi connectivity index (χ2v) is 4.84. The summed E-state index contributed by atoms with van der Waals surface area (Å²) < 4.78 is 0. The fourth-order valence-corrected chi connectivity index (χ4v) is 2.34. The van der Waals surface area contributed by atoms with Crippen LogP contribution in [0.5, 0.6) is 0 Å². The van der Waals surface area contributed by atoms with Gasteiger partial charge in [-0.25, -0.2) is 4.98 Å². The summed E-state index contributed by atoms with van der Waals surface area (Å²) in [6.45, 7) is 3.31. The van der Waals surface area contributed by atoms with Gasteiger partial charge in [-0.15, -0.1) is 0 Å². The zero-order chi connectivity index (χ0) is 11.5. The maximum atomic E-state index is 5.65. The van der Waals surface area contributed by atoms with Crippen LogP contribution in [0, 0.1) is 11.8 Å². The zero-order valence-electron chi connectivity index (χ0n) is 9.74. The lowest BCUT2D eigenvalue weighted by molar-refractivity contribution is 0.536. The number of hydrogen-bond acceptors (Lipinski definition) is 4. The summed E-state index contributed by atoms with van der Waals surface area (Å²) in [5.41, 5.74) is 11.8. The molecule has 0 radical (unpaired) electrons. The predicted molar refractivity (Wildman–Crippen MR) is 68.1 cm³/mol. The second kappa shape index (κ2) is 4.60. The molecule has 1 aliphatic rings. The van der Waals surface area contributed by atoms with Crippen molar-refractivity contribution in [1.29, 1.82) is 0 Å². The van der Waals surface area contributed by atoms with E-state index in [-0.39, 0.29) is 0 Å². The summed E-state index contributed by atoms with van der Waals surface area (Å²) in [6.07, 6.45) is 3.99. The Kier molecular flexibility index (Phi) is 3.17. The first-order valence-electron chi connectivity index (χ1n) is 5.91. The van der Waals surface area contributed by atoms with Crippen LogP contribution in [0.1, 0.15) is 26.2 Å². The molecule has 1 heterocycles. The van der Waals surface area contributed by atoms with Gasteiger partial charge in [-0.1, -0.05) is 13.3 Å². The number of nitrogens with one attached hydrogen (secondary N) is 1. The number of rotatable bonds is 3. The molecule has 2 unspecified atom stereocenters. The minimum Gasteiger partial charge on any atom is -0.396 e. The lowest BCUT2D eigenvalue weighted by Crippen LogP contribution is -2.13. The largest absolute Gasteiger partial charge is 0.396 e. The van der Waals surface area contributed by atoms with Crippen LogP contribution in [0.3, 0.4) is 0 Å². The Bertz CT molecular complexity index is 364. The van der Waals surface area contributed by atoms with Crippen molar-refractivity contribution in [3.05, 3.63) is 12.1 Å². The van der Waals surface area contributed by atoms with Gasteiger partial charge >= 0.3 is 0 Å². The van der Waals surface area contributed by atoms with Gasteiger partial charge in [0.25, 0.3) is 0 Å². The highest BCUT2D eigenvalue weighted by molar-refractivity contribution is 5.61. The van der Waals surface area contributed by atoms with E-state index in [1.54, 1.807) is 6.07 Å². The molecule has 5 N–H and O–H groups in total. The molecule has 1 saturated carbocycles. The molecule has 16 heavy (non-hydrogen) atoms. The molecular formula is C12H20N4. The SMILES string of the molecule is CC1CCC(CNc2ccc(N)c(N)n2)C1. The summed E-state index contributed by atoms with van der Waals surface area (Å²) in [5.74, 6) is 2.88. The predicted octanol–water partition coefficient (Wildman–Crippen LogP) is 2.09. The number of pyridine rings is 1. The Morgan fingerprint density at radius 2 is 2.19 bits per heavy atom. The number of nitrogen functional groups attached to an aromatic ring is 2. The number of aromatic nitrogens is 1. The van der Waals surface area contributed by atoms with E-state index in [9.17, 15) is 0 Å². The molecule has 4 heteroatoms. The quantitative estimate of drug-likeness (QED) is 0.729. The smallest absolute Gasteiger partial charge is 0.149 e. The molecule has 4 nitrogen and oxygen atoms in total. The van der Waals surface area contributed by atoms with Crippen LogP contribution < -0.4 is 16.8 Å². The van der Waals surface area contributed by atoms with Crippen molar-refractivity contribution in [2.45, 2.75) is 26.2 Å². The van der Waals surface area contributed by atoms with E-state index in [2.05, 4.69) is 17.2 Å². The van der Waals surface area contributed by atoms with Crippen molar-refractivity contribution in [3.8, 4) is 0 Å². The van der Waals surface area contributed by atoms with E-state index in [1.807, 2.05) is 6.07 Å². The van der Waals surface area contributed by atoms with Gasteiger partial charge in [0.2, 0.25) is 0 Å². The molecule has 1 aliphatic carbocycles. The summed E-state index contributed by atoms with van der Waals surface area (Å²) in [6, 6.07) is 3.67. The average Bonchev–Trinajstić information content (AvgIpc) is 2.66. The van der Waals surface area contributed by atoms with Crippen molar-refractivity contribution in [2.24, 2.45) is 11.8 Å². The number of nitrogens with zero attached hydrogens (tertiary/aromatic N) is 1. The molecular weight excluding hydrogens is 200 g/mol. The summed E-state index contributed by atoms with van der Waals surface area (Å²) >= 11 is 0. The van der Waals surface area contributed by atoms with Crippen LogP contribution in [-0.2, 0) is 0 Å². The number of nitrogens with two attached hydrogens (primary N) is 2. The van der Waals surface area contributed by atoms with Crippen molar-refractivity contribution in [3.63, 3.8) is 0 Å². The van der Waals surface area contributed by atoms with E-state index in [4.69, 9.17) is 11.5 Å². The van der Waals surface area contributed by atoms with E-state index in [0.29, 0.717) is 11.5 Å². The van der Waals surface area contributed by atoms with Gasteiger partial charge in [0.05, 0.1) is 5.69 Å². The van der Waals surface area contributed by atoms with E-state index < -0.39 is 0 Å². The monoisotopic (exact) mass is 220 g/mol. The lowest BCUT2D eigenvalue weighted by Gasteiger charge is -2.12. The third kappa shape index (κ3) is 2.56. The molecule has 2 rings (SSSR count). The van der Waals surface area contributed by atoms with Crippen LogP contribution in [-0.4, -0.2) is 11.5 Å². The number of anilines is 3. The molecule has 1 fully saturated rings. The fourth-order valence-electron chi connectivity index (χ4n) is 2.34. The van der Waals surface area contributed by atoms with Crippen LogP contribution >= 0.6 is 0 Å². The van der Waals surface area contributed by atoms with Gasteiger partial charge in [0.15, 0.2) is 0 Å². The minimum absolute atomic E-state index is 0.407. The molecule has 0 amide bonds. The van der Waals surface area contributed by atoms with E-state index in [1.165, 1.54) is 19.3 Å². The molecule has 1 aromatic heterocycles. The Balaban J connectivity index is 1.87. The molecule has 0 saturated heterocycles. The van der Waals surface area contributed by atoms with Crippen LogP contribution in [0.2, 0.25) is 0 Å². The first-order valence-corrected chi connectivity index (χ1v) is 5.91. The minimum atomic E-state index is 0.407. The van der Waals surface area contributed by atoms with Gasteiger partial charge in [-0.2, -0.15) is 0 Å². The van der Waals surface area contributed by atoms with Gasteiger partial charge < -0.3 is 16.8 Å². The molecule has 88 valence electrons. The third-order valence-corrected chi connectivity index (χ3v) is 3.33. The van der Waals surface area contributed by atoms with E-state index >= 15 is 0 Å². The van der Waals surface area contributed by atoms with Crippen molar-refractivity contribution in [2.75, 3.05) is 23.3 Å². The van der Waals surface area contributed by atoms with Gasteiger partial charge in [-0.3, -0.25) is 0 Å². The van der Waals surface area contributed by atoms with Gasteiger partial charge in [0.1, 0.15) is 11.6 Å². The molecule has 1 aromatic rings. The Morgan fingerprint density at radius 1 is 1.38 bits per heavy atom. The van der Waals surface area contributed by atoms with Crippen LogP contribution in [0.15, 0.2) is 12.1 Å². The Morgan fingerprint density at radius 3 is 2.81 bits per heavy atom.